The summed E-state index contributed by atoms with van der Waals surface area (Å²) in [5, 5.41) is 0. The fourth-order valence-corrected chi connectivity index (χ4v) is 5.21. The number of carbonyl (C=O) groups is 1. The van der Waals surface area contributed by atoms with Gasteiger partial charge in [0.1, 0.15) is 4.90 Å². The molecule has 0 spiro atoms. The summed E-state index contributed by atoms with van der Waals surface area (Å²) in [6, 6.07) is 6.98. The van der Waals surface area contributed by atoms with Gasteiger partial charge in [0.25, 0.3) is 15.9 Å². The molecule has 0 bridgehead atoms. The van der Waals surface area contributed by atoms with Crippen molar-refractivity contribution in [2.75, 3.05) is 13.4 Å². The Morgan fingerprint density at radius 1 is 1.06 bits per heavy atom. The molecule has 0 atom stereocenters. The van der Waals surface area contributed by atoms with Gasteiger partial charge in [-0.25, -0.2) is 18.7 Å². The monoisotopic (exact) mass is 482 g/mol. The molecule has 0 aromatic heterocycles. The van der Waals surface area contributed by atoms with Gasteiger partial charge in [-0.05, 0) is 45.0 Å². The molecular formula is C21H23FN2O6S2. The molecule has 0 aliphatic carbocycles. The zero-order valence-corrected chi connectivity index (χ0v) is 19.8. The first kappa shape index (κ1) is 25.3. The van der Waals surface area contributed by atoms with E-state index in [9.17, 15) is 21.6 Å². The molecule has 0 saturated heterocycles. The van der Waals surface area contributed by atoms with Crippen LogP contribution in [0.3, 0.4) is 0 Å². The number of rotatable bonds is 5. The smallest absolute Gasteiger partial charge is 0.285 e. The Balaban J connectivity index is 2.58. The summed E-state index contributed by atoms with van der Waals surface area (Å²) in [5.41, 5.74) is -0.915. The largest absolute Gasteiger partial charge is 0.492 e. The summed E-state index contributed by atoms with van der Waals surface area (Å²) in [5.74, 6) is 8.30. The van der Waals surface area contributed by atoms with Crippen molar-refractivity contribution in [3.05, 3.63) is 53.3 Å². The number of amides is 1. The van der Waals surface area contributed by atoms with Crippen molar-refractivity contribution >= 4 is 25.8 Å². The van der Waals surface area contributed by atoms with Crippen LogP contribution >= 0.6 is 0 Å². The van der Waals surface area contributed by atoms with E-state index in [2.05, 4.69) is 11.8 Å². The average Bonchev–Trinajstić information content (AvgIpc) is 2.70. The van der Waals surface area contributed by atoms with E-state index in [1.165, 1.54) is 25.3 Å². The number of halogens is 1. The lowest BCUT2D eigenvalue weighted by Crippen LogP contribution is -2.43. The van der Waals surface area contributed by atoms with Gasteiger partial charge in [0.15, 0.2) is 21.4 Å². The van der Waals surface area contributed by atoms with Crippen molar-refractivity contribution in [2.45, 2.75) is 30.6 Å². The van der Waals surface area contributed by atoms with Gasteiger partial charge in [0.05, 0.1) is 23.1 Å². The molecular weight excluding hydrogens is 459 g/mol. The number of sulfonamides is 1. The van der Waals surface area contributed by atoms with E-state index < -0.39 is 46.9 Å². The number of methoxy groups -OCH3 is 1. The van der Waals surface area contributed by atoms with Crippen molar-refractivity contribution in [3.8, 4) is 17.6 Å². The standard InChI is InChI=1S/C21H23FN2O6S2/c1-21(2,3)13-12-14-10-11-15(18(22)19(14)30-4)20(25)24(23)32(28,29)17-9-7-6-8-16(17)31(5,26)27/h6-11H,23H2,1-5H3. The third-order valence-corrected chi connectivity index (χ3v) is 6.97. The van der Waals surface area contributed by atoms with E-state index in [-0.39, 0.29) is 21.1 Å². The van der Waals surface area contributed by atoms with Crippen LogP contribution in [0, 0.1) is 23.1 Å². The maximum atomic E-state index is 15.0. The van der Waals surface area contributed by atoms with Crippen LogP contribution in [0.1, 0.15) is 36.7 Å². The predicted octanol–water partition coefficient (Wildman–Crippen LogP) is 2.34. The molecule has 2 N–H and O–H groups in total. The van der Waals surface area contributed by atoms with E-state index in [0.717, 1.165) is 24.5 Å². The Labute approximate surface area is 187 Å². The van der Waals surface area contributed by atoms with Crippen LogP contribution in [0.25, 0.3) is 0 Å². The van der Waals surface area contributed by atoms with E-state index in [0.29, 0.717) is 0 Å². The topological polar surface area (TPSA) is 124 Å². The molecule has 2 aromatic rings. The number of nitrogens with two attached hydrogens (primary N) is 1. The molecule has 0 fully saturated rings. The molecule has 1 amide bonds. The van der Waals surface area contributed by atoms with Crippen LogP contribution in [0.2, 0.25) is 0 Å². The number of ether oxygens (including phenoxy) is 1. The average molecular weight is 483 g/mol. The quantitative estimate of drug-likeness (QED) is 0.300. The van der Waals surface area contributed by atoms with Crippen LogP contribution in [0.4, 0.5) is 4.39 Å². The summed E-state index contributed by atoms with van der Waals surface area (Å²) in [7, 11) is -7.62. The Morgan fingerprint density at radius 2 is 1.62 bits per heavy atom. The second-order valence-corrected chi connectivity index (χ2v) is 11.6. The number of hydrogen-bond donors (Lipinski definition) is 1. The highest BCUT2D eigenvalue weighted by Crippen LogP contribution is 2.28. The maximum absolute atomic E-state index is 15.0. The van der Waals surface area contributed by atoms with E-state index in [1.54, 1.807) is 0 Å². The van der Waals surface area contributed by atoms with Crippen LogP contribution in [0.5, 0.6) is 5.75 Å². The SMILES string of the molecule is COc1c(C#CC(C)(C)C)ccc(C(=O)N(N)S(=O)(=O)c2ccccc2S(C)(=O)=O)c1F. The molecule has 32 heavy (non-hydrogen) atoms. The predicted molar refractivity (Wildman–Crippen MR) is 116 cm³/mol. The number of hydrazine groups is 1. The minimum atomic E-state index is -4.83. The molecule has 0 aliphatic rings. The minimum absolute atomic E-state index is 0.158. The Bertz CT molecular complexity index is 1330. The van der Waals surface area contributed by atoms with Gasteiger partial charge < -0.3 is 4.74 Å². The Hall–Kier alpha value is -2.94. The summed E-state index contributed by atoms with van der Waals surface area (Å²) in [6.45, 7) is 5.56. The van der Waals surface area contributed by atoms with Crippen molar-refractivity contribution in [1.82, 2.24) is 4.41 Å². The number of sulfone groups is 1. The fourth-order valence-electron chi connectivity index (χ4n) is 2.58. The third kappa shape index (κ3) is 5.27. The first-order valence-corrected chi connectivity index (χ1v) is 12.5. The molecule has 0 aliphatic heterocycles. The first-order valence-electron chi connectivity index (χ1n) is 9.14. The molecule has 172 valence electrons. The summed E-state index contributed by atoms with van der Waals surface area (Å²) in [4.78, 5) is 11.5. The van der Waals surface area contributed by atoms with Crippen molar-refractivity contribution in [1.29, 1.82) is 0 Å². The molecule has 2 aromatic carbocycles. The van der Waals surface area contributed by atoms with Crippen molar-refractivity contribution in [2.24, 2.45) is 11.3 Å². The van der Waals surface area contributed by atoms with Crippen molar-refractivity contribution < 1.29 is 30.8 Å². The van der Waals surface area contributed by atoms with E-state index >= 15 is 4.39 Å². The van der Waals surface area contributed by atoms with Crippen LogP contribution < -0.4 is 10.6 Å². The molecule has 0 radical (unpaired) electrons. The van der Waals surface area contributed by atoms with Crippen LogP contribution in [-0.2, 0) is 19.9 Å². The first-order chi connectivity index (χ1) is 14.6. The van der Waals surface area contributed by atoms with Crippen molar-refractivity contribution in [3.63, 3.8) is 0 Å². The molecule has 2 rings (SSSR count). The summed E-state index contributed by atoms with van der Waals surface area (Å²) >= 11 is 0. The molecule has 11 heteroatoms. The summed E-state index contributed by atoms with van der Waals surface area (Å²) in [6.07, 6.45) is 0.811. The number of nitrogens with zero attached hydrogens (tertiary/aromatic N) is 1. The molecule has 0 unspecified atom stereocenters. The van der Waals surface area contributed by atoms with E-state index in [1.807, 2.05) is 20.8 Å². The highest BCUT2D eigenvalue weighted by atomic mass is 32.2. The van der Waals surface area contributed by atoms with Gasteiger partial charge in [-0.2, -0.15) is 12.8 Å². The Kier molecular flexibility index (Phi) is 7.04. The Morgan fingerprint density at radius 3 is 2.12 bits per heavy atom. The zero-order valence-electron chi connectivity index (χ0n) is 18.1. The van der Waals surface area contributed by atoms with Gasteiger partial charge in [0.2, 0.25) is 0 Å². The molecule has 0 saturated carbocycles. The maximum Gasteiger partial charge on any atom is 0.285 e. The highest BCUT2D eigenvalue weighted by Gasteiger charge is 2.34. The lowest BCUT2D eigenvalue weighted by molar-refractivity contribution is 0.0856. The second kappa shape index (κ2) is 8.90. The lowest BCUT2D eigenvalue weighted by Gasteiger charge is -2.19. The van der Waals surface area contributed by atoms with Crippen LogP contribution in [-0.4, -0.2) is 40.5 Å². The molecule has 8 nitrogen and oxygen atoms in total. The minimum Gasteiger partial charge on any atom is -0.492 e. The number of hydrogen-bond acceptors (Lipinski definition) is 7. The number of benzene rings is 2. The van der Waals surface area contributed by atoms with Gasteiger partial charge in [-0.1, -0.05) is 24.0 Å². The zero-order chi connectivity index (χ0) is 24.5. The highest BCUT2D eigenvalue weighted by molar-refractivity contribution is 7.93. The second-order valence-electron chi connectivity index (χ2n) is 7.83. The van der Waals surface area contributed by atoms with E-state index in [4.69, 9.17) is 10.6 Å². The number of carbonyl (C=O) groups excluding carboxylic acids is 1. The summed E-state index contributed by atoms with van der Waals surface area (Å²) < 4.78 is 69.6. The fraction of sp³-hybridized carbons (Fsp3) is 0.286. The normalized spacial score (nSPS) is 12.0. The lowest BCUT2D eigenvalue weighted by atomic mass is 9.97. The van der Waals surface area contributed by atoms with Crippen LogP contribution in [0.15, 0.2) is 46.2 Å². The molecule has 0 heterocycles. The third-order valence-electron chi connectivity index (χ3n) is 4.09. The van der Waals surface area contributed by atoms with Gasteiger partial charge in [-0.15, -0.1) is 0 Å². The van der Waals surface area contributed by atoms with Gasteiger partial charge in [-0.3, -0.25) is 4.79 Å². The van der Waals surface area contributed by atoms with Gasteiger partial charge >= 0.3 is 0 Å². The van der Waals surface area contributed by atoms with Gasteiger partial charge in [0, 0.05) is 11.7 Å².